The summed E-state index contributed by atoms with van der Waals surface area (Å²) in [6.07, 6.45) is 0.769. The molecule has 0 saturated carbocycles. The first-order chi connectivity index (χ1) is 13.8. The van der Waals surface area contributed by atoms with Gasteiger partial charge in [0.2, 0.25) is 0 Å². The summed E-state index contributed by atoms with van der Waals surface area (Å²) in [6.45, 7) is 6.25. The van der Waals surface area contributed by atoms with Crippen LogP contribution in [0.2, 0.25) is 0 Å². The summed E-state index contributed by atoms with van der Waals surface area (Å²) >= 11 is 0. The van der Waals surface area contributed by atoms with Crippen molar-refractivity contribution in [3.63, 3.8) is 0 Å². The summed E-state index contributed by atoms with van der Waals surface area (Å²) in [7, 11) is 3.23. The Labute approximate surface area is 170 Å². The Morgan fingerprint density at radius 1 is 0.966 bits per heavy atom. The Morgan fingerprint density at radius 2 is 1.69 bits per heavy atom. The lowest BCUT2D eigenvalue weighted by molar-refractivity contribution is 0.377. The number of ether oxygens (including phenoxy) is 2. The molecule has 1 aliphatic rings. The average Bonchev–Trinajstić information content (AvgIpc) is 2.67. The van der Waals surface area contributed by atoms with Gasteiger partial charge in [0.1, 0.15) is 23.0 Å². The number of hydrogen-bond donors (Lipinski definition) is 3. The third-order valence-electron chi connectivity index (χ3n) is 5.80. The fraction of sp³-hybridized carbons (Fsp3) is 0.333. The van der Waals surface area contributed by atoms with Crippen LogP contribution in [0.25, 0.3) is 21.9 Å². The van der Waals surface area contributed by atoms with Crippen LogP contribution in [0.4, 0.5) is 0 Å². The quantitative estimate of drug-likeness (QED) is 0.594. The molecule has 152 valence electrons. The van der Waals surface area contributed by atoms with Gasteiger partial charge in [-0.25, -0.2) is 0 Å². The van der Waals surface area contributed by atoms with Crippen molar-refractivity contribution >= 4 is 10.8 Å². The first-order valence-corrected chi connectivity index (χ1v) is 9.85. The van der Waals surface area contributed by atoms with Crippen LogP contribution in [0.1, 0.15) is 36.6 Å². The molecule has 29 heavy (non-hydrogen) atoms. The van der Waals surface area contributed by atoms with E-state index >= 15 is 0 Å². The minimum Gasteiger partial charge on any atom is -0.507 e. The number of rotatable bonds is 3. The fourth-order valence-corrected chi connectivity index (χ4v) is 4.69. The molecule has 2 atom stereocenters. The van der Waals surface area contributed by atoms with Crippen molar-refractivity contribution in [1.29, 1.82) is 0 Å². The largest absolute Gasteiger partial charge is 0.507 e. The van der Waals surface area contributed by atoms with Crippen LogP contribution in [-0.4, -0.2) is 30.5 Å². The molecule has 0 saturated heterocycles. The molecule has 0 spiro atoms. The van der Waals surface area contributed by atoms with Crippen LogP contribution in [0, 0.1) is 6.92 Å². The topological polar surface area (TPSA) is 71.0 Å². The number of aryl methyl sites for hydroxylation is 1. The van der Waals surface area contributed by atoms with E-state index in [9.17, 15) is 10.2 Å². The van der Waals surface area contributed by atoms with Crippen molar-refractivity contribution in [2.75, 3.05) is 14.2 Å². The second kappa shape index (κ2) is 7.16. The van der Waals surface area contributed by atoms with Gasteiger partial charge in [0.05, 0.1) is 19.6 Å². The molecular weight excluding hydrogens is 366 g/mol. The molecule has 0 fully saturated rings. The van der Waals surface area contributed by atoms with Crippen LogP contribution in [0.5, 0.6) is 23.0 Å². The van der Waals surface area contributed by atoms with Gasteiger partial charge in [-0.05, 0) is 67.5 Å². The molecule has 4 rings (SSSR count). The summed E-state index contributed by atoms with van der Waals surface area (Å²) in [6, 6.07) is 9.52. The number of benzene rings is 3. The Morgan fingerprint density at radius 3 is 2.38 bits per heavy atom. The molecule has 3 aromatic rings. The standard InChI is InChI=1S/C24H27NO4/c1-12-8-16-15(6-7-18(26)24(16)20(9-12)28-4)23-17-10-13(2)25-14(3)22(17)21(29-5)11-19(23)27/h6-9,11,13-14,25-27H,10H2,1-5H3/t13-,14-/m0/s1. The molecule has 5 heteroatoms. The molecule has 0 bridgehead atoms. The maximum atomic E-state index is 11.0. The van der Waals surface area contributed by atoms with Crippen molar-refractivity contribution in [2.24, 2.45) is 0 Å². The molecule has 0 aliphatic carbocycles. The third-order valence-corrected chi connectivity index (χ3v) is 5.80. The van der Waals surface area contributed by atoms with E-state index in [0.29, 0.717) is 16.9 Å². The smallest absolute Gasteiger partial charge is 0.130 e. The zero-order valence-electron chi connectivity index (χ0n) is 17.5. The average molecular weight is 393 g/mol. The number of hydrogen-bond acceptors (Lipinski definition) is 5. The van der Waals surface area contributed by atoms with Crippen molar-refractivity contribution in [2.45, 2.75) is 39.3 Å². The Bertz CT molecular complexity index is 1110. The van der Waals surface area contributed by atoms with Crippen molar-refractivity contribution in [3.05, 3.63) is 47.0 Å². The van der Waals surface area contributed by atoms with Gasteiger partial charge in [-0.3, -0.25) is 0 Å². The monoisotopic (exact) mass is 393 g/mol. The lowest BCUT2D eigenvalue weighted by Crippen LogP contribution is -2.36. The molecule has 3 N–H and O–H groups in total. The van der Waals surface area contributed by atoms with Crippen molar-refractivity contribution < 1.29 is 19.7 Å². The van der Waals surface area contributed by atoms with E-state index in [1.54, 1.807) is 26.4 Å². The first kappa shape index (κ1) is 19.4. The van der Waals surface area contributed by atoms with Crippen LogP contribution in [0.3, 0.4) is 0 Å². The van der Waals surface area contributed by atoms with Gasteiger partial charge < -0.3 is 25.0 Å². The van der Waals surface area contributed by atoms with E-state index in [1.807, 2.05) is 25.1 Å². The number of phenols is 2. The predicted molar refractivity (Wildman–Crippen MR) is 115 cm³/mol. The molecule has 1 aliphatic heterocycles. The highest BCUT2D eigenvalue weighted by Gasteiger charge is 2.30. The van der Waals surface area contributed by atoms with Gasteiger partial charge in [-0.2, -0.15) is 0 Å². The number of phenolic OH excluding ortho intramolecular Hbond substituents is 2. The van der Waals surface area contributed by atoms with Gasteiger partial charge in [0.25, 0.3) is 0 Å². The molecule has 0 amide bonds. The minimum absolute atomic E-state index is 0.0997. The first-order valence-electron chi connectivity index (χ1n) is 9.85. The second-order valence-electron chi connectivity index (χ2n) is 7.88. The van der Waals surface area contributed by atoms with Crippen molar-refractivity contribution in [1.82, 2.24) is 5.32 Å². The number of nitrogens with one attached hydrogen (secondary N) is 1. The van der Waals surface area contributed by atoms with Crippen LogP contribution in [0.15, 0.2) is 30.3 Å². The van der Waals surface area contributed by atoms with E-state index < -0.39 is 0 Å². The number of aromatic hydroxyl groups is 2. The molecule has 1 heterocycles. The normalized spacial score (nSPS) is 18.5. The summed E-state index contributed by atoms with van der Waals surface area (Å²) in [5.74, 6) is 1.63. The highest BCUT2D eigenvalue weighted by molar-refractivity contribution is 6.05. The van der Waals surface area contributed by atoms with Crippen LogP contribution >= 0.6 is 0 Å². The van der Waals surface area contributed by atoms with E-state index in [1.165, 1.54) is 0 Å². The lowest BCUT2D eigenvalue weighted by atomic mass is 9.83. The Balaban J connectivity index is 2.12. The SMILES string of the molecule is COc1cc(O)c(-c2ccc(O)c3c(OC)cc(C)cc23)c2c1[C@H](C)N[C@@H](C)C2. The lowest BCUT2D eigenvalue weighted by Gasteiger charge is -2.33. The summed E-state index contributed by atoms with van der Waals surface area (Å²) in [5, 5.41) is 26.6. The van der Waals surface area contributed by atoms with Crippen LogP contribution in [-0.2, 0) is 6.42 Å². The highest BCUT2D eigenvalue weighted by Crippen LogP contribution is 2.48. The predicted octanol–water partition coefficient (Wildman–Crippen LogP) is 4.84. The summed E-state index contributed by atoms with van der Waals surface area (Å²) in [4.78, 5) is 0. The molecular formula is C24H27NO4. The van der Waals surface area contributed by atoms with E-state index in [2.05, 4.69) is 19.2 Å². The molecule has 5 nitrogen and oxygen atoms in total. The zero-order chi connectivity index (χ0) is 20.9. The van der Waals surface area contributed by atoms with Gasteiger partial charge in [0.15, 0.2) is 0 Å². The minimum atomic E-state index is 0.0997. The van der Waals surface area contributed by atoms with Crippen LogP contribution < -0.4 is 14.8 Å². The van der Waals surface area contributed by atoms with Crippen molar-refractivity contribution in [3.8, 4) is 34.1 Å². The maximum Gasteiger partial charge on any atom is 0.130 e. The number of fused-ring (bicyclic) bond motifs is 2. The fourth-order valence-electron chi connectivity index (χ4n) is 4.69. The third kappa shape index (κ3) is 3.06. The van der Waals surface area contributed by atoms with Gasteiger partial charge in [0, 0.05) is 29.3 Å². The zero-order valence-corrected chi connectivity index (χ0v) is 17.5. The van der Waals surface area contributed by atoms with Gasteiger partial charge in [-0.1, -0.05) is 6.07 Å². The van der Waals surface area contributed by atoms with E-state index in [4.69, 9.17) is 9.47 Å². The molecule has 0 radical (unpaired) electrons. The van der Waals surface area contributed by atoms with Gasteiger partial charge >= 0.3 is 0 Å². The van der Waals surface area contributed by atoms with E-state index in [0.717, 1.165) is 39.6 Å². The molecule has 3 aromatic carbocycles. The molecule has 0 unspecified atom stereocenters. The Kier molecular flexibility index (Phi) is 4.79. The Hall–Kier alpha value is -2.92. The summed E-state index contributed by atoms with van der Waals surface area (Å²) in [5.41, 5.74) is 4.83. The highest BCUT2D eigenvalue weighted by atomic mass is 16.5. The maximum absolute atomic E-state index is 11.0. The summed E-state index contributed by atoms with van der Waals surface area (Å²) < 4.78 is 11.1. The molecule has 0 aromatic heterocycles. The van der Waals surface area contributed by atoms with E-state index in [-0.39, 0.29) is 23.6 Å². The number of methoxy groups -OCH3 is 2. The van der Waals surface area contributed by atoms with Gasteiger partial charge in [-0.15, -0.1) is 0 Å². The second-order valence-corrected chi connectivity index (χ2v) is 7.88.